The molecule has 0 aliphatic rings. The number of carboxylic acids is 1. The van der Waals surface area contributed by atoms with Crippen molar-refractivity contribution in [2.24, 2.45) is 11.5 Å². The molecule has 4 amide bonds. The number of hydrogen-bond acceptors (Lipinski definition) is 9. The van der Waals surface area contributed by atoms with Crippen LogP contribution in [-0.2, 0) is 30.4 Å². The van der Waals surface area contributed by atoms with E-state index in [1.54, 1.807) is 0 Å². The highest BCUT2D eigenvalue weighted by Crippen LogP contribution is 2.12. The van der Waals surface area contributed by atoms with Gasteiger partial charge in [-0.2, -0.15) is 12.6 Å². The van der Waals surface area contributed by atoms with E-state index in [2.05, 4.69) is 28.6 Å². The van der Waals surface area contributed by atoms with Crippen LogP contribution in [0.5, 0.6) is 5.75 Å². The van der Waals surface area contributed by atoms with Crippen LogP contribution in [0.1, 0.15) is 25.3 Å². The van der Waals surface area contributed by atoms with Crippen LogP contribution in [0.2, 0.25) is 0 Å². The van der Waals surface area contributed by atoms with Crippen LogP contribution in [0.4, 0.5) is 0 Å². The molecule has 5 unspecified atom stereocenters. The number of aliphatic carboxylic acids is 1. The number of primary amides is 1. The molecule has 0 saturated carbocycles. The first-order valence-electron chi connectivity index (χ1n) is 10.6. The Bertz CT molecular complexity index is 911. The fourth-order valence-corrected chi connectivity index (χ4v) is 3.07. The van der Waals surface area contributed by atoms with E-state index in [1.165, 1.54) is 31.2 Å². The fraction of sp³-hybridized carbons (Fsp3) is 0.476. The first-order valence-corrected chi connectivity index (χ1v) is 11.2. The van der Waals surface area contributed by atoms with Crippen LogP contribution in [-0.4, -0.2) is 80.9 Å². The summed E-state index contributed by atoms with van der Waals surface area (Å²) in [5, 5.41) is 35.8. The summed E-state index contributed by atoms with van der Waals surface area (Å²) in [5.74, 6) is -4.79. The van der Waals surface area contributed by atoms with E-state index >= 15 is 0 Å². The van der Waals surface area contributed by atoms with Gasteiger partial charge in [-0.3, -0.25) is 19.2 Å². The lowest BCUT2D eigenvalue weighted by atomic mass is 10.0. The van der Waals surface area contributed by atoms with Gasteiger partial charge in [-0.1, -0.05) is 12.1 Å². The fourth-order valence-electron chi connectivity index (χ4n) is 2.91. The van der Waals surface area contributed by atoms with Gasteiger partial charge in [0.25, 0.3) is 0 Å². The summed E-state index contributed by atoms with van der Waals surface area (Å²) in [7, 11) is 0. The maximum Gasteiger partial charge on any atom is 0.326 e. The van der Waals surface area contributed by atoms with Crippen molar-refractivity contribution in [1.82, 2.24) is 16.0 Å². The smallest absolute Gasteiger partial charge is 0.326 e. The van der Waals surface area contributed by atoms with Crippen LogP contribution in [0.15, 0.2) is 24.3 Å². The quantitative estimate of drug-likeness (QED) is 0.118. The van der Waals surface area contributed by atoms with E-state index in [0.29, 0.717) is 5.56 Å². The minimum absolute atomic E-state index is 0.0187. The van der Waals surface area contributed by atoms with Gasteiger partial charge in [0, 0.05) is 18.6 Å². The highest BCUT2D eigenvalue weighted by Gasteiger charge is 2.32. The van der Waals surface area contributed by atoms with E-state index in [4.69, 9.17) is 11.5 Å². The minimum Gasteiger partial charge on any atom is -0.508 e. The van der Waals surface area contributed by atoms with E-state index in [0.717, 1.165) is 0 Å². The normalized spacial score (nSPS) is 15.1. The Kier molecular flexibility index (Phi) is 12.0. The zero-order valence-corrected chi connectivity index (χ0v) is 19.9. The molecule has 13 nitrogen and oxygen atoms in total. The topological polar surface area (TPSA) is 234 Å². The Labute approximate surface area is 207 Å². The number of hydrogen-bond donors (Lipinski definition) is 9. The lowest BCUT2D eigenvalue weighted by molar-refractivity contribution is -0.143. The van der Waals surface area contributed by atoms with Crippen molar-refractivity contribution in [1.29, 1.82) is 0 Å². The SMILES string of the molecule is CC(O)C(NC(=O)C(CCC(N)=O)NC(=O)C(N)CS)C(=O)NC(Cc1ccc(O)cc1)C(=O)O. The number of aliphatic hydroxyl groups is 1. The first-order chi connectivity index (χ1) is 16.3. The molecule has 10 N–H and O–H groups in total. The molecule has 1 rings (SSSR count). The van der Waals surface area contributed by atoms with Gasteiger partial charge in [-0.05, 0) is 31.0 Å². The predicted molar refractivity (Wildman–Crippen MR) is 127 cm³/mol. The molecule has 14 heteroatoms. The number of rotatable bonds is 14. The van der Waals surface area contributed by atoms with Crippen LogP contribution in [0.3, 0.4) is 0 Å². The Morgan fingerprint density at radius 1 is 0.971 bits per heavy atom. The van der Waals surface area contributed by atoms with E-state index in [1.807, 2.05) is 0 Å². The Hall–Kier alpha value is -3.36. The number of aromatic hydroxyl groups is 1. The monoisotopic (exact) mass is 513 g/mol. The summed E-state index contributed by atoms with van der Waals surface area (Å²) >= 11 is 3.91. The molecular weight excluding hydrogens is 482 g/mol. The number of carbonyl (C=O) groups excluding carboxylic acids is 4. The summed E-state index contributed by atoms with van der Waals surface area (Å²) in [4.78, 5) is 60.5. The van der Waals surface area contributed by atoms with Gasteiger partial charge in [0.2, 0.25) is 23.6 Å². The van der Waals surface area contributed by atoms with Crippen molar-refractivity contribution in [3.05, 3.63) is 29.8 Å². The molecule has 194 valence electrons. The summed E-state index contributed by atoms with van der Waals surface area (Å²) in [5.41, 5.74) is 11.2. The molecule has 0 aliphatic carbocycles. The number of phenolic OH excluding ortho intramolecular Hbond substituents is 1. The number of nitrogens with two attached hydrogens (primary N) is 2. The van der Waals surface area contributed by atoms with Crippen molar-refractivity contribution >= 4 is 42.2 Å². The van der Waals surface area contributed by atoms with Crippen molar-refractivity contribution in [3.8, 4) is 5.75 Å². The maximum atomic E-state index is 12.8. The zero-order valence-electron chi connectivity index (χ0n) is 19.0. The molecule has 0 saturated heterocycles. The second kappa shape index (κ2) is 14.1. The van der Waals surface area contributed by atoms with Gasteiger partial charge in [0.1, 0.15) is 23.9 Å². The van der Waals surface area contributed by atoms with E-state index in [9.17, 15) is 39.3 Å². The number of benzene rings is 1. The number of nitrogens with one attached hydrogen (secondary N) is 3. The second-order valence-electron chi connectivity index (χ2n) is 7.85. The number of carboxylic acid groups (broad SMARTS) is 1. The van der Waals surface area contributed by atoms with Crippen LogP contribution in [0.25, 0.3) is 0 Å². The summed E-state index contributed by atoms with van der Waals surface area (Å²) < 4.78 is 0. The zero-order chi connectivity index (χ0) is 26.7. The number of aliphatic hydroxyl groups excluding tert-OH is 1. The second-order valence-corrected chi connectivity index (χ2v) is 8.22. The van der Waals surface area contributed by atoms with Gasteiger partial charge in [-0.15, -0.1) is 0 Å². The maximum absolute atomic E-state index is 12.8. The molecule has 0 aromatic heterocycles. The molecule has 1 aromatic carbocycles. The van der Waals surface area contributed by atoms with Crippen LogP contribution in [0, 0.1) is 0 Å². The Morgan fingerprint density at radius 2 is 1.54 bits per heavy atom. The predicted octanol–water partition coefficient (Wildman–Crippen LogP) is -2.62. The van der Waals surface area contributed by atoms with Gasteiger partial charge >= 0.3 is 5.97 Å². The van der Waals surface area contributed by atoms with Crippen LogP contribution >= 0.6 is 12.6 Å². The molecule has 35 heavy (non-hydrogen) atoms. The standard InChI is InChI=1S/C21H31N5O8S/c1-10(27)17(20(32)25-15(21(33)34)8-11-2-4-12(28)5-3-11)26-19(31)14(6-7-16(23)29)24-18(30)13(22)9-35/h2-5,10,13-15,17,27-28,35H,6-9,22H2,1H3,(H2,23,29)(H,24,30)(H,25,32)(H,26,31)(H,33,34). The number of thiol groups is 1. The highest BCUT2D eigenvalue weighted by atomic mass is 32.1. The van der Waals surface area contributed by atoms with Crippen LogP contribution < -0.4 is 27.4 Å². The number of phenols is 1. The Morgan fingerprint density at radius 3 is 2.03 bits per heavy atom. The Balaban J connectivity index is 2.98. The summed E-state index contributed by atoms with van der Waals surface area (Å²) in [6, 6.07) is 0.306. The van der Waals surface area contributed by atoms with Crippen molar-refractivity contribution < 1.29 is 39.3 Å². The average Bonchev–Trinajstić information content (AvgIpc) is 2.79. The third-order valence-corrected chi connectivity index (χ3v) is 5.29. The average molecular weight is 514 g/mol. The molecule has 5 atom stereocenters. The largest absolute Gasteiger partial charge is 0.508 e. The first kappa shape index (κ1) is 29.7. The molecule has 0 fully saturated rings. The van der Waals surface area contributed by atoms with Crippen molar-refractivity contribution in [3.63, 3.8) is 0 Å². The third kappa shape index (κ3) is 10.2. The van der Waals surface area contributed by atoms with Gasteiger partial charge in [0.05, 0.1) is 12.1 Å². The molecule has 0 bridgehead atoms. The summed E-state index contributed by atoms with van der Waals surface area (Å²) in [6.07, 6.45) is -2.07. The molecule has 0 heterocycles. The summed E-state index contributed by atoms with van der Waals surface area (Å²) in [6.45, 7) is 1.20. The van der Waals surface area contributed by atoms with Gasteiger partial charge in [-0.25, -0.2) is 4.79 Å². The molecule has 0 radical (unpaired) electrons. The molecule has 1 aromatic rings. The number of carbonyl (C=O) groups is 5. The van der Waals surface area contributed by atoms with E-state index < -0.39 is 59.9 Å². The number of amides is 4. The van der Waals surface area contributed by atoms with Crippen molar-refractivity contribution in [2.45, 2.75) is 56.5 Å². The minimum atomic E-state index is -1.59. The van der Waals surface area contributed by atoms with E-state index in [-0.39, 0.29) is 30.8 Å². The molecule has 0 spiro atoms. The molecular formula is C21H31N5O8S. The van der Waals surface area contributed by atoms with Gasteiger partial charge in [0.15, 0.2) is 0 Å². The highest BCUT2D eigenvalue weighted by molar-refractivity contribution is 7.80. The van der Waals surface area contributed by atoms with Gasteiger partial charge < -0.3 is 42.7 Å². The third-order valence-electron chi connectivity index (χ3n) is 4.90. The lowest BCUT2D eigenvalue weighted by Gasteiger charge is -2.26. The lowest BCUT2D eigenvalue weighted by Crippen LogP contribution is -2.60. The molecule has 0 aliphatic heterocycles. The van der Waals surface area contributed by atoms with Crippen molar-refractivity contribution in [2.75, 3.05) is 5.75 Å².